The second-order valence-electron chi connectivity index (χ2n) is 5.55. The predicted octanol–water partition coefficient (Wildman–Crippen LogP) is 1.61. The number of carbonyl (C=O) groups excluding carboxylic acids is 1. The zero-order valence-electron chi connectivity index (χ0n) is 13.3. The summed E-state index contributed by atoms with van der Waals surface area (Å²) in [6.07, 6.45) is 3.81. The number of piperidine rings is 1. The molecule has 0 atom stereocenters. The molecule has 0 radical (unpaired) electrons. The van der Waals surface area contributed by atoms with Gasteiger partial charge in [-0.15, -0.1) is 24.2 Å². The summed E-state index contributed by atoms with van der Waals surface area (Å²) >= 11 is 1.65. The molecule has 130 valence electrons. The van der Waals surface area contributed by atoms with Crippen LogP contribution in [0, 0.1) is 0 Å². The van der Waals surface area contributed by atoms with Crippen molar-refractivity contribution in [2.24, 2.45) is 0 Å². The van der Waals surface area contributed by atoms with Crippen LogP contribution in [0.4, 0.5) is 0 Å². The number of hydrogen-bond donors (Lipinski definition) is 2. The minimum Gasteiger partial charge on any atom is -0.351 e. The van der Waals surface area contributed by atoms with Gasteiger partial charge in [-0.3, -0.25) is 4.79 Å². The largest absolute Gasteiger partial charge is 0.351 e. The first-order chi connectivity index (χ1) is 10.4. The summed E-state index contributed by atoms with van der Waals surface area (Å²) in [6.45, 7) is 1.43. The molecule has 23 heavy (non-hydrogen) atoms. The molecule has 2 N–H and O–H groups in total. The summed E-state index contributed by atoms with van der Waals surface area (Å²) in [5, 5.41) is 5.91. The fraction of sp³-hybridized carbons (Fsp3) is 0.533. The molecule has 0 aliphatic carbocycles. The molecule has 1 fully saturated rings. The number of thioether (sulfide) groups is 1. The van der Waals surface area contributed by atoms with Crippen molar-refractivity contribution in [3.8, 4) is 0 Å². The first-order valence-corrected chi connectivity index (χ1v) is 10.3. The van der Waals surface area contributed by atoms with Gasteiger partial charge in [-0.2, -0.15) is 0 Å². The van der Waals surface area contributed by atoms with Gasteiger partial charge in [0.15, 0.2) is 14.6 Å². The van der Waals surface area contributed by atoms with Crippen LogP contribution in [0.15, 0.2) is 29.2 Å². The summed E-state index contributed by atoms with van der Waals surface area (Å²) in [5.74, 6) is -0.384. The van der Waals surface area contributed by atoms with Crippen LogP contribution in [0.25, 0.3) is 0 Å². The third kappa shape index (κ3) is 4.62. The van der Waals surface area contributed by atoms with E-state index in [2.05, 4.69) is 10.6 Å². The number of nitrogens with one attached hydrogen (secondary N) is 2. The van der Waals surface area contributed by atoms with Gasteiger partial charge in [0.25, 0.3) is 0 Å². The summed E-state index contributed by atoms with van der Waals surface area (Å²) in [4.78, 5) is 13.7. The topological polar surface area (TPSA) is 75.3 Å². The zero-order chi connectivity index (χ0) is 16.2. The molecule has 1 saturated heterocycles. The molecule has 1 aliphatic rings. The van der Waals surface area contributed by atoms with Crippen LogP contribution < -0.4 is 10.6 Å². The lowest BCUT2D eigenvalue weighted by molar-refractivity contribution is -0.124. The van der Waals surface area contributed by atoms with Gasteiger partial charge < -0.3 is 10.6 Å². The number of sulfone groups is 1. The lowest BCUT2D eigenvalue weighted by Gasteiger charge is -2.34. The highest BCUT2D eigenvalue weighted by Crippen LogP contribution is 2.28. The first-order valence-electron chi connectivity index (χ1n) is 7.20. The predicted molar refractivity (Wildman–Crippen MR) is 97.0 cm³/mol. The maximum absolute atomic E-state index is 12.5. The standard InChI is InChI=1S/C15H22N2O3S2.ClH/c1-21-13-5-3-12(4-6-13)11-17-14(18)15(22(2,19)20)7-9-16-10-8-15;/h3-6,16H,7-11H2,1-2H3,(H,17,18);1H. The van der Waals surface area contributed by atoms with Gasteiger partial charge in [0.05, 0.1) is 0 Å². The molecule has 0 unspecified atom stereocenters. The van der Waals surface area contributed by atoms with Crippen LogP contribution >= 0.6 is 24.2 Å². The molecule has 0 aromatic heterocycles. The van der Waals surface area contributed by atoms with Crippen molar-refractivity contribution in [3.05, 3.63) is 29.8 Å². The minimum absolute atomic E-state index is 0. The number of amides is 1. The molecule has 0 bridgehead atoms. The van der Waals surface area contributed by atoms with E-state index in [9.17, 15) is 13.2 Å². The Bertz CT molecular complexity index is 627. The zero-order valence-corrected chi connectivity index (χ0v) is 15.7. The lowest BCUT2D eigenvalue weighted by atomic mass is 9.95. The van der Waals surface area contributed by atoms with Crippen LogP contribution in [-0.2, 0) is 21.2 Å². The highest BCUT2D eigenvalue weighted by atomic mass is 35.5. The van der Waals surface area contributed by atoms with E-state index in [1.807, 2.05) is 30.5 Å². The second-order valence-corrected chi connectivity index (χ2v) is 8.75. The van der Waals surface area contributed by atoms with Gasteiger partial charge in [0.1, 0.15) is 0 Å². The van der Waals surface area contributed by atoms with Crippen LogP contribution in [0.3, 0.4) is 0 Å². The molecule has 8 heteroatoms. The highest BCUT2D eigenvalue weighted by Gasteiger charge is 2.48. The second kappa shape index (κ2) is 8.37. The Morgan fingerprint density at radius 1 is 1.26 bits per heavy atom. The van der Waals surface area contributed by atoms with Crippen molar-refractivity contribution in [2.45, 2.75) is 29.0 Å². The molecule has 1 aromatic rings. The normalized spacial score (nSPS) is 17.1. The lowest BCUT2D eigenvalue weighted by Crippen LogP contribution is -2.57. The summed E-state index contributed by atoms with van der Waals surface area (Å²) in [5.41, 5.74) is 0.962. The van der Waals surface area contributed by atoms with Crippen molar-refractivity contribution < 1.29 is 13.2 Å². The van der Waals surface area contributed by atoms with Crippen LogP contribution in [0.2, 0.25) is 0 Å². The van der Waals surface area contributed by atoms with Gasteiger partial charge in [-0.25, -0.2) is 8.42 Å². The van der Waals surface area contributed by atoms with Gasteiger partial charge in [-0.05, 0) is 49.9 Å². The van der Waals surface area contributed by atoms with Gasteiger partial charge in [0, 0.05) is 17.7 Å². The smallest absolute Gasteiger partial charge is 0.241 e. The Morgan fingerprint density at radius 3 is 2.30 bits per heavy atom. The average molecular weight is 379 g/mol. The van der Waals surface area contributed by atoms with E-state index in [1.54, 1.807) is 11.8 Å². The van der Waals surface area contributed by atoms with Gasteiger partial charge in [0.2, 0.25) is 5.91 Å². The van der Waals surface area contributed by atoms with E-state index in [1.165, 1.54) is 0 Å². The van der Waals surface area contributed by atoms with Crippen molar-refractivity contribution >= 4 is 39.9 Å². The van der Waals surface area contributed by atoms with Crippen LogP contribution in [-0.4, -0.2) is 44.7 Å². The summed E-state index contributed by atoms with van der Waals surface area (Å²) < 4.78 is 23.0. The fourth-order valence-corrected chi connectivity index (χ4v) is 4.45. The monoisotopic (exact) mass is 378 g/mol. The summed E-state index contributed by atoms with van der Waals surface area (Å²) in [6, 6.07) is 7.87. The Morgan fingerprint density at radius 2 is 1.83 bits per heavy atom. The van der Waals surface area contributed by atoms with Gasteiger partial charge in [-0.1, -0.05) is 12.1 Å². The van der Waals surface area contributed by atoms with Crippen molar-refractivity contribution in [1.82, 2.24) is 10.6 Å². The molecule has 0 saturated carbocycles. The third-order valence-electron chi connectivity index (χ3n) is 4.15. The molecule has 2 rings (SSSR count). The number of halogens is 1. The van der Waals surface area contributed by atoms with E-state index in [0.29, 0.717) is 32.5 Å². The molecule has 1 aliphatic heterocycles. The quantitative estimate of drug-likeness (QED) is 0.761. The first kappa shape index (κ1) is 20.3. The molecule has 5 nitrogen and oxygen atoms in total. The molecular weight excluding hydrogens is 356 g/mol. The molecule has 1 amide bonds. The minimum atomic E-state index is -3.46. The highest BCUT2D eigenvalue weighted by molar-refractivity contribution is 7.98. The Balaban J connectivity index is 0.00000264. The number of benzene rings is 1. The van der Waals surface area contributed by atoms with Crippen molar-refractivity contribution in [2.75, 3.05) is 25.6 Å². The van der Waals surface area contributed by atoms with E-state index in [0.717, 1.165) is 16.7 Å². The van der Waals surface area contributed by atoms with E-state index >= 15 is 0 Å². The number of hydrogen-bond acceptors (Lipinski definition) is 5. The third-order valence-corrected chi connectivity index (χ3v) is 6.90. The maximum atomic E-state index is 12.5. The Hall–Kier alpha value is -0.760. The van der Waals surface area contributed by atoms with Crippen molar-refractivity contribution in [3.63, 3.8) is 0 Å². The molecule has 0 spiro atoms. The van der Waals surface area contributed by atoms with E-state index < -0.39 is 14.6 Å². The fourth-order valence-electron chi connectivity index (χ4n) is 2.68. The number of carbonyl (C=O) groups is 1. The summed E-state index contributed by atoms with van der Waals surface area (Å²) in [7, 11) is -3.46. The Labute approximate surface area is 148 Å². The van der Waals surface area contributed by atoms with Crippen molar-refractivity contribution in [1.29, 1.82) is 0 Å². The number of rotatable bonds is 5. The molecule has 1 heterocycles. The Kier molecular flexibility index (Phi) is 7.38. The maximum Gasteiger partial charge on any atom is 0.241 e. The van der Waals surface area contributed by atoms with Crippen LogP contribution in [0.1, 0.15) is 18.4 Å². The average Bonchev–Trinajstić information content (AvgIpc) is 2.52. The SMILES string of the molecule is CSc1ccc(CNC(=O)C2(S(C)(=O)=O)CCNCC2)cc1.Cl. The molecule has 1 aromatic carbocycles. The van der Waals surface area contributed by atoms with Crippen LogP contribution in [0.5, 0.6) is 0 Å². The van der Waals surface area contributed by atoms with E-state index in [-0.39, 0.29) is 18.3 Å². The van der Waals surface area contributed by atoms with Gasteiger partial charge >= 0.3 is 0 Å². The molecular formula is C15H23ClN2O3S2. The van der Waals surface area contributed by atoms with E-state index in [4.69, 9.17) is 0 Å².